The highest BCUT2D eigenvalue weighted by molar-refractivity contribution is 4.93. The van der Waals surface area contributed by atoms with E-state index in [0.717, 1.165) is 24.0 Å². The molecule has 2 saturated heterocycles. The second-order valence-corrected chi connectivity index (χ2v) is 4.61. The second-order valence-electron chi connectivity index (χ2n) is 4.61. The van der Waals surface area contributed by atoms with E-state index in [1.54, 1.807) is 0 Å². The van der Waals surface area contributed by atoms with Crippen molar-refractivity contribution in [3.63, 3.8) is 0 Å². The minimum atomic E-state index is 0.735. The van der Waals surface area contributed by atoms with Gasteiger partial charge in [-0.1, -0.05) is 6.92 Å². The summed E-state index contributed by atoms with van der Waals surface area (Å²) >= 11 is 0. The van der Waals surface area contributed by atoms with Crippen LogP contribution >= 0.6 is 0 Å². The normalized spacial score (nSPS) is 48.5. The topological polar surface area (TPSA) is 24.1 Å². The quantitative estimate of drug-likeness (QED) is 0.566. The largest absolute Gasteiger partial charge is 0.312 e. The molecule has 0 aromatic heterocycles. The molecule has 2 nitrogen and oxygen atoms in total. The third kappa shape index (κ3) is 1.64. The van der Waals surface area contributed by atoms with Crippen LogP contribution in [0.5, 0.6) is 0 Å². The maximum Gasteiger partial charge on any atom is 0.0226 e. The van der Waals surface area contributed by atoms with Gasteiger partial charge < -0.3 is 10.6 Å². The van der Waals surface area contributed by atoms with Gasteiger partial charge in [0.05, 0.1) is 0 Å². The minimum absolute atomic E-state index is 0.735. The first-order valence-electron chi connectivity index (χ1n) is 5.25. The van der Waals surface area contributed by atoms with Crippen molar-refractivity contribution >= 4 is 0 Å². The molecule has 2 N–H and O–H groups in total. The molecule has 70 valence electrons. The van der Waals surface area contributed by atoms with Gasteiger partial charge in [-0.05, 0) is 38.6 Å². The summed E-state index contributed by atoms with van der Waals surface area (Å²) in [5, 5.41) is 7.32. The van der Waals surface area contributed by atoms with Gasteiger partial charge in [0.2, 0.25) is 0 Å². The Morgan fingerprint density at radius 3 is 2.75 bits per heavy atom. The lowest BCUT2D eigenvalue weighted by Gasteiger charge is -2.42. The fraction of sp³-hybridized carbons (Fsp3) is 1.00. The zero-order valence-electron chi connectivity index (χ0n) is 8.14. The first kappa shape index (κ1) is 8.52. The van der Waals surface area contributed by atoms with Crippen LogP contribution < -0.4 is 10.6 Å². The second kappa shape index (κ2) is 3.35. The Morgan fingerprint density at radius 1 is 1.08 bits per heavy atom. The van der Waals surface area contributed by atoms with Crippen molar-refractivity contribution in [2.45, 2.75) is 51.2 Å². The van der Waals surface area contributed by atoms with Gasteiger partial charge in [0.15, 0.2) is 0 Å². The van der Waals surface area contributed by atoms with Crippen LogP contribution in [-0.4, -0.2) is 24.7 Å². The van der Waals surface area contributed by atoms with Crippen LogP contribution in [0, 0.1) is 5.92 Å². The van der Waals surface area contributed by atoms with Gasteiger partial charge in [-0.15, -0.1) is 0 Å². The van der Waals surface area contributed by atoms with Crippen LogP contribution in [0.2, 0.25) is 0 Å². The third-order valence-electron chi connectivity index (χ3n) is 3.28. The van der Waals surface area contributed by atoms with Crippen molar-refractivity contribution in [3.8, 4) is 0 Å². The Hall–Kier alpha value is -0.0800. The van der Waals surface area contributed by atoms with Crippen LogP contribution in [0.15, 0.2) is 0 Å². The predicted octanol–water partition coefficient (Wildman–Crippen LogP) is 1.12. The molecule has 2 heteroatoms. The molecule has 2 aliphatic rings. The van der Waals surface area contributed by atoms with Crippen molar-refractivity contribution in [1.29, 1.82) is 0 Å². The Morgan fingerprint density at radius 2 is 1.92 bits per heavy atom. The number of piperidine rings is 2. The molecule has 2 rings (SSSR count). The minimum Gasteiger partial charge on any atom is -0.312 e. The Bertz CT molecular complexity index is 142. The first-order valence-corrected chi connectivity index (χ1v) is 5.25. The molecule has 0 unspecified atom stereocenters. The summed E-state index contributed by atoms with van der Waals surface area (Å²) in [5.41, 5.74) is 0. The molecule has 2 aliphatic heterocycles. The predicted molar refractivity (Wildman–Crippen MR) is 51.2 cm³/mol. The number of fused-ring (bicyclic) bond motifs is 1. The highest BCUT2D eigenvalue weighted by Crippen LogP contribution is 2.22. The SMILES string of the molecule is C[C@H]1CN[C@@H]2CC[C@H](C)N[C@@H]2C1. The Labute approximate surface area is 75.1 Å². The molecule has 0 saturated carbocycles. The molecule has 0 radical (unpaired) electrons. The van der Waals surface area contributed by atoms with E-state index < -0.39 is 0 Å². The number of rotatable bonds is 0. The lowest BCUT2D eigenvalue weighted by molar-refractivity contribution is 0.186. The summed E-state index contributed by atoms with van der Waals surface area (Å²) in [6.07, 6.45) is 4.07. The van der Waals surface area contributed by atoms with E-state index in [2.05, 4.69) is 24.5 Å². The third-order valence-corrected chi connectivity index (χ3v) is 3.28. The average Bonchev–Trinajstić information content (AvgIpc) is 2.03. The van der Waals surface area contributed by atoms with E-state index in [0.29, 0.717) is 0 Å². The molecule has 12 heavy (non-hydrogen) atoms. The number of hydrogen-bond donors (Lipinski definition) is 2. The Kier molecular flexibility index (Phi) is 2.37. The van der Waals surface area contributed by atoms with E-state index in [9.17, 15) is 0 Å². The summed E-state index contributed by atoms with van der Waals surface area (Å²) in [6.45, 7) is 5.86. The molecule has 0 spiro atoms. The molecule has 0 aromatic rings. The van der Waals surface area contributed by atoms with Crippen molar-refractivity contribution in [3.05, 3.63) is 0 Å². The van der Waals surface area contributed by atoms with Gasteiger partial charge in [0.1, 0.15) is 0 Å². The van der Waals surface area contributed by atoms with Gasteiger partial charge in [0, 0.05) is 18.1 Å². The molecule has 0 aliphatic carbocycles. The van der Waals surface area contributed by atoms with Gasteiger partial charge in [0.25, 0.3) is 0 Å². The van der Waals surface area contributed by atoms with Crippen molar-refractivity contribution in [1.82, 2.24) is 10.6 Å². The smallest absolute Gasteiger partial charge is 0.0226 e. The van der Waals surface area contributed by atoms with Crippen molar-refractivity contribution in [2.24, 2.45) is 5.92 Å². The molecule has 4 atom stereocenters. The lowest BCUT2D eigenvalue weighted by atomic mass is 9.85. The van der Waals surface area contributed by atoms with Gasteiger partial charge in [-0.25, -0.2) is 0 Å². The summed E-state index contributed by atoms with van der Waals surface area (Å²) in [5.74, 6) is 0.851. The maximum atomic E-state index is 3.69. The number of hydrogen-bond acceptors (Lipinski definition) is 2. The summed E-state index contributed by atoms with van der Waals surface area (Å²) in [7, 11) is 0. The van der Waals surface area contributed by atoms with Gasteiger partial charge in [-0.3, -0.25) is 0 Å². The molecular weight excluding hydrogens is 148 g/mol. The van der Waals surface area contributed by atoms with Crippen LogP contribution in [-0.2, 0) is 0 Å². The Balaban J connectivity index is 1.94. The monoisotopic (exact) mass is 168 g/mol. The fourth-order valence-corrected chi connectivity index (χ4v) is 2.54. The van der Waals surface area contributed by atoms with Crippen LogP contribution in [0.1, 0.15) is 33.1 Å². The van der Waals surface area contributed by atoms with E-state index in [-0.39, 0.29) is 0 Å². The van der Waals surface area contributed by atoms with E-state index in [1.807, 2.05) is 0 Å². The number of nitrogens with one attached hydrogen (secondary N) is 2. The highest BCUT2D eigenvalue weighted by atomic mass is 15.1. The van der Waals surface area contributed by atoms with Gasteiger partial charge >= 0.3 is 0 Å². The zero-order valence-corrected chi connectivity index (χ0v) is 8.14. The van der Waals surface area contributed by atoms with Crippen LogP contribution in [0.3, 0.4) is 0 Å². The summed E-state index contributed by atoms with van der Waals surface area (Å²) < 4.78 is 0. The van der Waals surface area contributed by atoms with Gasteiger partial charge in [-0.2, -0.15) is 0 Å². The van der Waals surface area contributed by atoms with E-state index in [4.69, 9.17) is 0 Å². The molecule has 0 amide bonds. The molecule has 0 bridgehead atoms. The molecule has 0 aromatic carbocycles. The van der Waals surface area contributed by atoms with Crippen molar-refractivity contribution in [2.75, 3.05) is 6.54 Å². The zero-order chi connectivity index (χ0) is 8.55. The summed E-state index contributed by atoms with van der Waals surface area (Å²) in [4.78, 5) is 0. The maximum absolute atomic E-state index is 3.69. The van der Waals surface area contributed by atoms with E-state index >= 15 is 0 Å². The van der Waals surface area contributed by atoms with Crippen LogP contribution in [0.25, 0.3) is 0 Å². The molecule has 2 heterocycles. The lowest BCUT2D eigenvalue weighted by Crippen LogP contribution is -2.59. The van der Waals surface area contributed by atoms with Crippen molar-refractivity contribution < 1.29 is 0 Å². The average molecular weight is 168 g/mol. The standard InChI is InChI=1S/C10H20N2/c1-7-5-10-9(11-6-7)4-3-8(2)12-10/h7-12H,3-6H2,1-2H3/t7-,8+,9-,10-/m1/s1. The molecule has 2 fully saturated rings. The first-order chi connectivity index (χ1) is 5.75. The fourth-order valence-electron chi connectivity index (χ4n) is 2.54. The van der Waals surface area contributed by atoms with E-state index in [1.165, 1.54) is 25.8 Å². The highest BCUT2D eigenvalue weighted by Gasteiger charge is 2.31. The van der Waals surface area contributed by atoms with Crippen LogP contribution in [0.4, 0.5) is 0 Å². The molecular formula is C10H20N2. The summed E-state index contributed by atoms with van der Waals surface area (Å²) in [6, 6.07) is 2.24.